The maximum Gasteiger partial charge on any atom is 0.194 e. The quantitative estimate of drug-likeness (QED) is 0.330. The second-order valence-electron chi connectivity index (χ2n) is 9.01. The summed E-state index contributed by atoms with van der Waals surface area (Å²) in [6.07, 6.45) is 3.88. The number of guanidine groups is 1. The van der Waals surface area contributed by atoms with Crippen molar-refractivity contribution in [3.8, 4) is 0 Å². The SMILES string of the molecule is CCNC(=NCc1ccc(N2CCN(CC)CC2)c(F)c1)N1CCC(N2CCCC2)C1.I. The molecule has 1 aromatic carbocycles. The number of piperazine rings is 1. The van der Waals surface area contributed by atoms with Gasteiger partial charge in [0, 0.05) is 51.9 Å². The Bertz CT molecular complexity index is 746. The first kappa shape index (κ1) is 25.5. The van der Waals surface area contributed by atoms with Gasteiger partial charge in [-0.2, -0.15) is 0 Å². The third-order valence-corrected chi connectivity index (χ3v) is 7.04. The number of halogens is 2. The van der Waals surface area contributed by atoms with Gasteiger partial charge in [-0.25, -0.2) is 9.38 Å². The lowest BCUT2D eigenvalue weighted by Gasteiger charge is -2.35. The molecule has 3 aliphatic rings. The summed E-state index contributed by atoms with van der Waals surface area (Å²) in [5, 5.41) is 3.44. The van der Waals surface area contributed by atoms with Crippen molar-refractivity contribution in [2.45, 2.75) is 45.7 Å². The number of benzene rings is 1. The van der Waals surface area contributed by atoms with Crippen LogP contribution in [0.15, 0.2) is 23.2 Å². The van der Waals surface area contributed by atoms with Crippen molar-refractivity contribution in [1.82, 2.24) is 20.0 Å². The van der Waals surface area contributed by atoms with Crippen LogP contribution in [0.4, 0.5) is 10.1 Å². The Morgan fingerprint density at radius 2 is 1.81 bits per heavy atom. The first-order chi connectivity index (χ1) is 15.2. The Kier molecular flexibility index (Phi) is 9.85. The van der Waals surface area contributed by atoms with Crippen LogP contribution < -0.4 is 10.2 Å². The predicted octanol–water partition coefficient (Wildman–Crippen LogP) is 3.22. The fraction of sp³-hybridized carbons (Fsp3) is 0.708. The van der Waals surface area contributed by atoms with Crippen molar-refractivity contribution in [3.63, 3.8) is 0 Å². The molecule has 1 unspecified atom stereocenters. The molecule has 6 nitrogen and oxygen atoms in total. The van der Waals surface area contributed by atoms with Crippen LogP contribution in [0.25, 0.3) is 0 Å². The van der Waals surface area contributed by atoms with E-state index in [4.69, 9.17) is 4.99 Å². The molecule has 0 bridgehead atoms. The summed E-state index contributed by atoms with van der Waals surface area (Å²) >= 11 is 0. The topological polar surface area (TPSA) is 37.4 Å². The minimum atomic E-state index is -0.127. The molecular formula is C24H40FIN6. The highest BCUT2D eigenvalue weighted by atomic mass is 127. The van der Waals surface area contributed by atoms with Crippen molar-refractivity contribution in [2.24, 2.45) is 4.99 Å². The number of rotatable bonds is 6. The Hall–Kier alpha value is -1.13. The summed E-state index contributed by atoms with van der Waals surface area (Å²) in [6.45, 7) is 15.1. The van der Waals surface area contributed by atoms with Gasteiger partial charge in [-0.15, -0.1) is 24.0 Å². The van der Waals surface area contributed by atoms with Gasteiger partial charge in [-0.05, 0) is 63.5 Å². The Balaban J connectivity index is 0.00000289. The van der Waals surface area contributed by atoms with Crippen LogP contribution >= 0.6 is 24.0 Å². The number of anilines is 1. The van der Waals surface area contributed by atoms with Crippen LogP contribution in [0, 0.1) is 5.82 Å². The zero-order chi connectivity index (χ0) is 21.6. The first-order valence-electron chi connectivity index (χ1n) is 12.2. The molecule has 3 heterocycles. The van der Waals surface area contributed by atoms with Crippen molar-refractivity contribution in [2.75, 3.05) is 70.3 Å². The minimum absolute atomic E-state index is 0. The molecule has 0 aromatic heterocycles. The van der Waals surface area contributed by atoms with Gasteiger partial charge in [0.2, 0.25) is 0 Å². The molecule has 4 rings (SSSR count). The van der Waals surface area contributed by atoms with E-state index >= 15 is 0 Å². The Morgan fingerprint density at radius 1 is 1.06 bits per heavy atom. The standard InChI is InChI=1S/C24H39FN6.HI/c1-3-26-24(31-12-9-21(19-31)29-10-5-6-11-29)27-18-20-7-8-23(22(25)17-20)30-15-13-28(4-2)14-16-30;/h7-8,17,21H,3-6,9-16,18-19H2,1-2H3,(H,26,27);1H. The van der Waals surface area contributed by atoms with Crippen LogP contribution in [0.5, 0.6) is 0 Å². The Morgan fingerprint density at radius 3 is 2.47 bits per heavy atom. The van der Waals surface area contributed by atoms with Gasteiger partial charge in [-0.3, -0.25) is 4.90 Å². The van der Waals surface area contributed by atoms with Gasteiger partial charge < -0.3 is 20.0 Å². The summed E-state index contributed by atoms with van der Waals surface area (Å²) in [6, 6.07) is 6.30. The van der Waals surface area contributed by atoms with Crippen LogP contribution in [-0.4, -0.2) is 92.1 Å². The number of nitrogens with one attached hydrogen (secondary N) is 1. The molecule has 3 aliphatic heterocycles. The lowest BCUT2D eigenvalue weighted by Crippen LogP contribution is -2.46. The van der Waals surface area contributed by atoms with E-state index in [9.17, 15) is 4.39 Å². The summed E-state index contributed by atoms with van der Waals surface area (Å²) in [4.78, 5) is 14.5. The van der Waals surface area contributed by atoms with E-state index < -0.39 is 0 Å². The maximum atomic E-state index is 14.9. The molecule has 0 radical (unpaired) electrons. The van der Waals surface area contributed by atoms with Crippen molar-refractivity contribution in [1.29, 1.82) is 0 Å². The third-order valence-electron chi connectivity index (χ3n) is 7.04. The fourth-order valence-electron chi connectivity index (χ4n) is 5.14. The number of likely N-dealkylation sites (N-methyl/N-ethyl adjacent to an activating group) is 1. The molecule has 1 atom stereocenters. The monoisotopic (exact) mass is 558 g/mol. The van der Waals surface area contributed by atoms with Crippen LogP contribution in [-0.2, 0) is 6.54 Å². The van der Waals surface area contributed by atoms with Gasteiger partial charge in [0.05, 0.1) is 12.2 Å². The third kappa shape index (κ3) is 6.26. The maximum absolute atomic E-state index is 14.9. The van der Waals surface area contributed by atoms with Gasteiger partial charge in [0.25, 0.3) is 0 Å². The highest BCUT2D eigenvalue weighted by Crippen LogP contribution is 2.23. The van der Waals surface area contributed by atoms with Gasteiger partial charge in [0.15, 0.2) is 5.96 Å². The molecule has 3 saturated heterocycles. The molecule has 0 aliphatic carbocycles. The second kappa shape index (κ2) is 12.4. The molecule has 3 fully saturated rings. The molecule has 8 heteroatoms. The highest BCUT2D eigenvalue weighted by Gasteiger charge is 2.30. The molecule has 1 N–H and O–H groups in total. The molecule has 32 heavy (non-hydrogen) atoms. The number of hydrogen-bond acceptors (Lipinski definition) is 4. The van der Waals surface area contributed by atoms with Gasteiger partial charge in [0.1, 0.15) is 5.82 Å². The minimum Gasteiger partial charge on any atom is -0.367 e. The van der Waals surface area contributed by atoms with Crippen LogP contribution in [0.1, 0.15) is 38.7 Å². The van der Waals surface area contributed by atoms with Crippen molar-refractivity contribution in [3.05, 3.63) is 29.6 Å². The predicted molar refractivity (Wildman–Crippen MR) is 142 cm³/mol. The zero-order valence-electron chi connectivity index (χ0n) is 19.7. The number of nitrogens with zero attached hydrogens (tertiary/aromatic N) is 5. The largest absolute Gasteiger partial charge is 0.367 e. The average molecular weight is 559 g/mol. The van der Waals surface area contributed by atoms with E-state index in [-0.39, 0.29) is 29.8 Å². The lowest BCUT2D eigenvalue weighted by molar-refractivity contribution is 0.249. The first-order valence-corrected chi connectivity index (χ1v) is 12.2. The average Bonchev–Trinajstić information content (AvgIpc) is 3.49. The van der Waals surface area contributed by atoms with E-state index in [1.165, 1.54) is 32.4 Å². The summed E-state index contributed by atoms with van der Waals surface area (Å²) in [5.41, 5.74) is 1.66. The van der Waals surface area contributed by atoms with E-state index in [2.05, 4.69) is 38.8 Å². The molecule has 0 spiro atoms. The van der Waals surface area contributed by atoms with E-state index in [1.807, 2.05) is 12.1 Å². The molecular weight excluding hydrogens is 518 g/mol. The lowest BCUT2D eigenvalue weighted by atomic mass is 10.1. The Labute approximate surface area is 210 Å². The fourth-order valence-corrected chi connectivity index (χ4v) is 5.14. The second-order valence-corrected chi connectivity index (χ2v) is 9.01. The summed E-state index contributed by atoms with van der Waals surface area (Å²) in [5.74, 6) is 0.835. The number of aliphatic imine (C=N–C) groups is 1. The van der Waals surface area contributed by atoms with Crippen LogP contribution in [0.3, 0.4) is 0 Å². The molecule has 180 valence electrons. The van der Waals surface area contributed by atoms with Gasteiger partial charge >= 0.3 is 0 Å². The summed E-state index contributed by atoms with van der Waals surface area (Å²) < 4.78 is 14.9. The van der Waals surface area contributed by atoms with Crippen molar-refractivity contribution >= 4 is 35.6 Å². The smallest absolute Gasteiger partial charge is 0.194 e. The number of likely N-dealkylation sites (tertiary alicyclic amines) is 2. The number of hydrogen-bond donors (Lipinski definition) is 1. The van der Waals surface area contributed by atoms with Gasteiger partial charge in [-0.1, -0.05) is 13.0 Å². The zero-order valence-corrected chi connectivity index (χ0v) is 22.1. The normalized spacial score (nSPS) is 23.0. The van der Waals surface area contributed by atoms with Crippen LogP contribution in [0.2, 0.25) is 0 Å². The highest BCUT2D eigenvalue weighted by molar-refractivity contribution is 14.0. The molecule has 1 aromatic rings. The van der Waals surface area contributed by atoms with E-state index in [0.29, 0.717) is 12.6 Å². The van der Waals surface area contributed by atoms with E-state index in [1.54, 1.807) is 6.07 Å². The van der Waals surface area contributed by atoms with Crippen molar-refractivity contribution < 1.29 is 4.39 Å². The molecule has 0 amide bonds. The van der Waals surface area contributed by atoms with E-state index in [0.717, 1.165) is 69.6 Å². The molecule has 0 saturated carbocycles. The summed E-state index contributed by atoms with van der Waals surface area (Å²) in [7, 11) is 0.